The minimum atomic E-state index is -0.955. The van der Waals surface area contributed by atoms with Crippen LogP contribution in [-0.4, -0.2) is 48.1 Å². The van der Waals surface area contributed by atoms with Crippen molar-refractivity contribution in [1.82, 2.24) is 9.80 Å². The van der Waals surface area contributed by atoms with Gasteiger partial charge in [0.15, 0.2) is 11.6 Å². The highest BCUT2D eigenvalue weighted by atomic mass is 19.2. The van der Waals surface area contributed by atoms with E-state index in [1.807, 2.05) is 0 Å². The molecule has 1 heterocycles. The Kier molecular flexibility index (Phi) is 4.57. The lowest BCUT2D eigenvalue weighted by Crippen LogP contribution is -2.52. The number of anilines is 1. The summed E-state index contributed by atoms with van der Waals surface area (Å²) in [5.41, 5.74) is 0.280. The van der Waals surface area contributed by atoms with Gasteiger partial charge in [-0.05, 0) is 25.0 Å². The predicted molar refractivity (Wildman–Crippen MR) is 80.8 cm³/mol. The van der Waals surface area contributed by atoms with E-state index in [4.69, 9.17) is 0 Å². The van der Waals surface area contributed by atoms with Crippen molar-refractivity contribution in [1.29, 1.82) is 0 Å². The molecule has 2 fully saturated rings. The van der Waals surface area contributed by atoms with Crippen LogP contribution in [0.2, 0.25) is 0 Å². The first-order valence-corrected chi connectivity index (χ1v) is 7.88. The number of benzene rings is 1. The Balaban J connectivity index is 1.52. The van der Waals surface area contributed by atoms with Crippen molar-refractivity contribution in [3.8, 4) is 0 Å². The maximum absolute atomic E-state index is 13.1. The Bertz CT molecular complexity index is 538. The van der Waals surface area contributed by atoms with Crippen molar-refractivity contribution < 1.29 is 13.6 Å². The van der Waals surface area contributed by atoms with Gasteiger partial charge in [-0.25, -0.2) is 13.6 Å². The molecule has 2 aliphatic rings. The Morgan fingerprint density at radius 1 is 1.05 bits per heavy atom. The van der Waals surface area contributed by atoms with Gasteiger partial charge in [-0.2, -0.15) is 0 Å². The topological polar surface area (TPSA) is 35.6 Å². The van der Waals surface area contributed by atoms with Gasteiger partial charge in [-0.1, -0.05) is 12.8 Å². The van der Waals surface area contributed by atoms with Gasteiger partial charge in [0.2, 0.25) is 0 Å². The van der Waals surface area contributed by atoms with Crippen LogP contribution in [0.15, 0.2) is 18.2 Å². The lowest BCUT2D eigenvalue weighted by molar-refractivity contribution is 0.115. The smallest absolute Gasteiger partial charge is 0.321 e. The molecule has 4 nitrogen and oxygen atoms in total. The van der Waals surface area contributed by atoms with Crippen LogP contribution in [0.3, 0.4) is 0 Å². The first-order chi connectivity index (χ1) is 10.6. The summed E-state index contributed by atoms with van der Waals surface area (Å²) in [7, 11) is 0. The molecule has 1 aliphatic heterocycles. The number of halogens is 2. The second-order valence-electron chi connectivity index (χ2n) is 6.02. The molecule has 1 aromatic rings. The number of carbonyl (C=O) groups is 1. The molecular formula is C16H21F2N3O. The van der Waals surface area contributed by atoms with E-state index in [2.05, 4.69) is 10.2 Å². The number of nitrogens with one attached hydrogen (secondary N) is 1. The Morgan fingerprint density at radius 3 is 2.36 bits per heavy atom. The van der Waals surface area contributed by atoms with Gasteiger partial charge in [0, 0.05) is 44.0 Å². The van der Waals surface area contributed by atoms with Gasteiger partial charge < -0.3 is 10.2 Å². The van der Waals surface area contributed by atoms with E-state index in [-0.39, 0.29) is 11.7 Å². The zero-order chi connectivity index (χ0) is 15.5. The molecule has 0 spiro atoms. The average molecular weight is 309 g/mol. The number of nitrogens with zero attached hydrogens (tertiary/aromatic N) is 2. The largest absolute Gasteiger partial charge is 0.322 e. The Morgan fingerprint density at radius 2 is 1.73 bits per heavy atom. The van der Waals surface area contributed by atoms with Crippen molar-refractivity contribution in [3.05, 3.63) is 29.8 Å². The molecule has 22 heavy (non-hydrogen) atoms. The molecule has 1 aromatic carbocycles. The highest BCUT2D eigenvalue weighted by Crippen LogP contribution is 2.24. The van der Waals surface area contributed by atoms with Crippen LogP contribution in [0, 0.1) is 11.6 Å². The first kappa shape index (κ1) is 15.2. The lowest BCUT2D eigenvalue weighted by atomic mass is 10.2. The third-order valence-corrected chi connectivity index (χ3v) is 4.61. The van der Waals surface area contributed by atoms with Crippen molar-refractivity contribution in [2.24, 2.45) is 0 Å². The third-order valence-electron chi connectivity index (χ3n) is 4.61. The molecule has 0 radical (unpaired) electrons. The fraction of sp³-hybridized carbons (Fsp3) is 0.562. The molecule has 1 saturated carbocycles. The zero-order valence-corrected chi connectivity index (χ0v) is 12.5. The van der Waals surface area contributed by atoms with Crippen LogP contribution in [0.25, 0.3) is 0 Å². The quantitative estimate of drug-likeness (QED) is 0.911. The maximum Gasteiger partial charge on any atom is 0.321 e. The van der Waals surface area contributed by atoms with Gasteiger partial charge in [0.05, 0.1) is 0 Å². The summed E-state index contributed by atoms with van der Waals surface area (Å²) in [6.45, 7) is 3.11. The van der Waals surface area contributed by atoms with Crippen LogP contribution in [-0.2, 0) is 0 Å². The third kappa shape index (κ3) is 3.38. The van der Waals surface area contributed by atoms with Gasteiger partial charge in [-0.3, -0.25) is 4.90 Å². The molecule has 1 aliphatic carbocycles. The van der Waals surface area contributed by atoms with E-state index in [9.17, 15) is 13.6 Å². The number of piperazine rings is 1. The maximum atomic E-state index is 13.1. The Labute approximate surface area is 129 Å². The standard InChI is InChI=1S/C16H21F2N3O/c17-14-6-5-12(11-15(14)18)19-16(22)21-9-7-20(8-10-21)13-3-1-2-4-13/h5-6,11,13H,1-4,7-10H2,(H,19,22). The summed E-state index contributed by atoms with van der Waals surface area (Å²) in [5, 5.41) is 2.63. The predicted octanol–water partition coefficient (Wildman–Crippen LogP) is 3.06. The average Bonchev–Trinajstić information content (AvgIpc) is 3.05. The lowest BCUT2D eigenvalue weighted by Gasteiger charge is -2.38. The molecule has 0 unspecified atom stereocenters. The van der Waals surface area contributed by atoms with Gasteiger partial charge >= 0.3 is 6.03 Å². The summed E-state index contributed by atoms with van der Waals surface area (Å²) in [5.74, 6) is -1.87. The molecule has 6 heteroatoms. The summed E-state index contributed by atoms with van der Waals surface area (Å²) >= 11 is 0. The second-order valence-corrected chi connectivity index (χ2v) is 6.02. The molecule has 0 aromatic heterocycles. The van der Waals surface area contributed by atoms with Crippen molar-refractivity contribution >= 4 is 11.7 Å². The van der Waals surface area contributed by atoms with Crippen molar-refractivity contribution in [2.75, 3.05) is 31.5 Å². The van der Waals surface area contributed by atoms with Crippen LogP contribution >= 0.6 is 0 Å². The highest BCUT2D eigenvalue weighted by molar-refractivity contribution is 5.89. The zero-order valence-electron chi connectivity index (χ0n) is 12.5. The number of urea groups is 1. The normalized spacial score (nSPS) is 20.4. The van der Waals surface area contributed by atoms with E-state index in [0.29, 0.717) is 19.1 Å². The van der Waals surface area contributed by atoms with Crippen LogP contribution in [0.4, 0.5) is 19.3 Å². The number of amides is 2. The number of rotatable bonds is 2. The van der Waals surface area contributed by atoms with Crippen molar-refractivity contribution in [2.45, 2.75) is 31.7 Å². The summed E-state index contributed by atoms with van der Waals surface area (Å²) in [6.07, 6.45) is 5.14. The minimum absolute atomic E-state index is 0.253. The molecule has 1 saturated heterocycles. The molecule has 0 bridgehead atoms. The SMILES string of the molecule is O=C(Nc1ccc(F)c(F)c1)N1CCN(C2CCCC2)CC1. The van der Waals surface area contributed by atoms with E-state index >= 15 is 0 Å². The number of carbonyl (C=O) groups excluding carboxylic acids is 1. The Hall–Kier alpha value is -1.69. The van der Waals surface area contributed by atoms with E-state index in [1.54, 1.807) is 4.90 Å². The number of hydrogen-bond acceptors (Lipinski definition) is 2. The monoisotopic (exact) mass is 309 g/mol. The highest BCUT2D eigenvalue weighted by Gasteiger charge is 2.27. The van der Waals surface area contributed by atoms with Crippen LogP contribution in [0.5, 0.6) is 0 Å². The van der Waals surface area contributed by atoms with Crippen LogP contribution < -0.4 is 5.32 Å². The molecular weight excluding hydrogens is 288 g/mol. The summed E-state index contributed by atoms with van der Waals surface area (Å²) in [6, 6.07) is 3.81. The fourth-order valence-electron chi connectivity index (χ4n) is 3.34. The molecule has 2 amide bonds. The first-order valence-electron chi connectivity index (χ1n) is 7.88. The fourth-order valence-corrected chi connectivity index (χ4v) is 3.34. The van der Waals surface area contributed by atoms with E-state index in [1.165, 1.54) is 31.7 Å². The summed E-state index contributed by atoms with van der Waals surface area (Å²) < 4.78 is 26.0. The molecule has 1 N–H and O–H groups in total. The van der Waals surface area contributed by atoms with E-state index in [0.717, 1.165) is 25.2 Å². The minimum Gasteiger partial charge on any atom is -0.322 e. The molecule has 0 atom stereocenters. The van der Waals surface area contributed by atoms with E-state index < -0.39 is 11.6 Å². The van der Waals surface area contributed by atoms with Gasteiger partial charge in [0.25, 0.3) is 0 Å². The van der Waals surface area contributed by atoms with Gasteiger partial charge in [0.1, 0.15) is 0 Å². The number of hydrogen-bond donors (Lipinski definition) is 1. The molecule has 3 rings (SSSR count). The van der Waals surface area contributed by atoms with Gasteiger partial charge in [-0.15, -0.1) is 0 Å². The van der Waals surface area contributed by atoms with Crippen LogP contribution in [0.1, 0.15) is 25.7 Å². The summed E-state index contributed by atoms with van der Waals surface area (Å²) in [4.78, 5) is 16.4. The second kappa shape index (κ2) is 6.60. The molecule has 120 valence electrons. The van der Waals surface area contributed by atoms with Crippen molar-refractivity contribution in [3.63, 3.8) is 0 Å².